The summed E-state index contributed by atoms with van der Waals surface area (Å²) in [4.78, 5) is 33.2. The molecule has 0 bridgehead atoms. The van der Waals surface area contributed by atoms with Gasteiger partial charge in [0.15, 0.2) is 5.75 Å². The van der Waals surface area contributed by atoms with Gasteiger partial charge in [-0.1, -0.05) is 22.4 Å². The Morgan fingerprint density at radius 2 is 1.78 bits per heavy atom. The van der Waals surface area contributed by atoms with Crippen molar-refractivity contribution in [3.63, 3.8) is 0 Å². The Labute approximate surface area is 133 Å². The second kappa shape index (κ2) is 9.31. The van der Waals surface area contributed by atoms with Crippen molar-refractivity contribution in [2.24, 2.45) is 10.3 Å². The third-order valence-electron chi connectivity index (χ3n) is 2.68. The lowest BCUT2D eigenvalue weighted by Crippen LogP contribution is -2.19. The smallest absolute Gasteiger partial charge is 0.379 e. The molecule has 0 unspecified atom stereocenters. The van der Waals surface area contributed by atoms with Crippen LogP contribution in [0, 0.1) is 0 Å². The first-order valence-electron chi connectivity index (χ1n) is 6.57. The van der Waals surface area contributed by atoms with Gasteiger partial charge in [0.05, 0.1) is 19.3 Å². The fourth-order valence-electron chi connectivity index (χ4n) is 1.55. The van der Waals surface area contributed by atoms with E-state index in [9.17, 15) is 9.59 Å². The highest BCUT2D eigenvalue weighted by atomic mass is 16.6. The van der Waals surface area contributed by atoms with Gasteiger partial charge >= 0.3 is 5.97 Å². The number of hydrogen-bond acceptors (Lipinski definition) is 8. The number of esters is 1. The fourth-order valence-corrected chi connectivity index (χ4v) is 1.55. The summed E-state index contributed by atoms with van der Waals surface area (Å²) in [5.41, 5.74) is 0.869. The highest BCUT2D eigenvalue weighted by molar-refractivity contribution is 6.42. The lowest BCUT2D eigenvalue weighted by Gasteiger charge is -2.07. The summed E-state index contributed by atoms with van der Waals surface area (Å²) in [5, 5.41) is 7.65. The molecular weight excluding hydrogens is 304 g/mol. The van der Waals surface area contributed by atoms with Crippen LogP contribution in [-0.2, 0) is 19.1 Å². The Bertz CT molecular complexity index is 624. The van der Waals surface area contributed by atoms with E-state index in [1.165, 1.54) is 26.4 Å². The Kier molecular flexibility index (Phi) is 7.41. The normalized spacial score (nSPS) is 11.8. The first kappa shape index (κ1) is 18.3. The van der Waals surface area contributed by atoms with E-state index < -0.39 is 11.8 Å². The summed E-state index contributed by atoms with van der Waals surface area (Å²) in [7, 11) is 4.03. The van der Waals surface area contributed by atoms with Gasteiger partial charge in [0.2, 0.25) is 0 Å². The van der Waals surface area contributed by atoms with Crippen LogP contribution in [-0.4, -0.2) is 51.1 Å². The van der Waals surface area contributed by atoms with Crippen LogP contribution >= 0.6 is 0 Å². The van der Waals surface area contributed by atoms with E-state index in [1.807, 2.05) is 0 Å². The SMILES string of the molecule is COCC(=N\OC)/C(C)=N/Oc1ccccc1C(=O)C(=O)OC. The van der Waals surface area contributed by atoms with Crippen molar-refractivity contribution < 1.29 is 28.7 Å². The van der Waals surface area contributed by atoms with Crippen LogP contribution in [0.3, 0.4) is 0 Å². The zero-order valence-electron chi connectivity index (χ0n) is 13.4. The first-order valence-corrected chi connectivity index (χ1v) is 6.57. The Balaban J connectivity index is 3.01. The van der Waals surface area contributed by atoms with E-state index in [2.05, 4.69) is 15.0 Å². The minimum atomic E-state index is -0.984. The van der Waals surface area contributed by atoms with Crippen LogP contribution < -0.4 is 4.84 Å². The van der Waals surface area contributed by atoms with E-state index in [-0.39, 0.29) is 17.9 Å². The molecule has 0 heterocycles. The van der Waals surface area contributed by atoms with Crippen molar-refractivity contribution in [3.8, 4) is 5.75 Å². The number of ketones is 1. The number of rotatable bonds is 8. The highest BCUT2D eigenvalue weighted by Gasteiger charge is 2.21. The van der Waals surface area contributed by atoms with Gasteiger partial charge < -0.3 is 19.1 Å². The van der Waals surface area contributed by atoms with Crippen molar-refractivity contribution >= 4 is 23.2 Å². The maximum Gasteiger partial charge on any atom is 0.379 e. The number of oxime groups is 2. The molecule has 0 amide bonds. The molecule has 8 heteroatoms. The molecule has 23 heavy (non-hydrogen) atoms. The molecule has 1 aromatic carbocycles. The number of carbonyl (C=O) groups is 2. The molecule has 0 saturated heterocycles. The predicted molar refractivity (Wildman–Crippen MR) is 82.8 cm³/mol. The van der Waals surface area contributed by atoms with Crippen LogP contribution in [0.25, 0.3) is 0 Å². The molecule has 0 aliphatic heterocycles. The largest absolute Gasteiger partial charge is 0.463 e. The second-order valence-electron chi connectivity index (χ2n) is 4.24. The summed E-state index contributed by atoms with van der Waals surface area (Å²) in [6.45, 7) is 1.82. The van der Waals surface area contributed by atoms with E-state index in [0.29, 0.717) is 11.4 Å². The Hall–Kier alpha value is -2.74. The number of Topliss-reactive ketones (excluding diaryl/α,β-unsaturated/α-hetero) is 1. The van der Waals surface area contributed by atoms with Gasteiger partial charge in [0.1, 0.15) is 18.5 Å². The fraction of sp³-hybridized carbons (Fsp3) is 0.333. The van der Waals surface area contributed by atoms with Crippen molar-refractivity contribution in [1.82, 2.24) is 0 Å². The van der Waals surface area contributed by atoms with E-state index >= 15 is 0 Å². The third kappa shape index (κ3) is 5.19. The molecule has 0 aliphatic rings. The number of para-hydroxylation sites is 1. The first-order chi connectivity index (χ1) is 11.0. The van der Waals surface area contributed by atoms with Gasteiger partial charge in [0.25, 0.3) is 5.78 Å². The van der Waals surface area contributed by atoms with Crippen LogP contribution in [0.4, 0.5) is 0 Å². The van der Waals surface area contributed by atoms with Crippen LogP contribution in [0.15, 0.2) is 34.6 Å². The maximum absolute atomic E-state index is 11.9. The highest BCUT2D eigenvalue weighted by Crippen LogP contribution is 2.19. The number of nitrogens with zero attached hydrogens (tertiary/aromatic N) is 2. The summed E-state index contributed by atoms with van der Waals surface area (Å²) in [6, 6.07) is 6.20. The molecule has 0 saturated carbocycles. The summed E-state index contributed by atoms with van der Waals surface area (Å²) in [5.74, 6) is -1.68. The Morgan fingerprint density at radius 3 is 2.39 bits per heavy atom. The summed E-state index contributed by atoms with van der Waals surface area (Å²) in [6.07, 6.45) is 0. The number of benzene rings is 1. The zero-order valence-corrected chi connectivity index (χ0v) is 13.4. The second-order valence-corrected chi connectivity index (χ2v) is 4.24. The molecule has 0 atom stereocenters. The summed E-state index contributed by atoms with van der Waals surface area (Å²) >= 11 is 0. The molecule has 0 spiro atoms. The van der Waals surface area contributed by atoms with Crippen molar-refractivity contribution in [2.75, 3.05) is 27.9 Å². The van der Waals surface area contributed by atoms with Gasteiger partial charge in [0, 0.05) is 7.11 Å². The van der Waals surface area contributed by atoms with Gasteiger partial charge in [-0.25, -0.2) is 4.79 Å². The number of ether oxygens (including phenoxy) is 2. The molecule has 1 aromatic rings. The number of methoxy groups -OCH3 is 2. The van der Waals surface area contributed by atoms with Gasteiger partial charge in [-0.15, -0.1) is 0 Å². The zero-order chi connectivity index (χ0) is 17.2. The topological polar surface area (TPSA) is 95.8 Å². The Morgan fingerprint density at radius 1 is 1.09 bits per heavy atom. The number of carbonyl (C=O) groups excluding carboxylic acids is 2. The monoisotopic (exact) mass is 322 g/mol. The lowest BCUT2D eigenvalue weighted by atomic mass is 10.1. The van der Waals surface area contributed by atoms with E-state index in [1.54, 1.807) is 19.1 Å². The molecule has 0 fully saturated rings. The lowest BCUT2D eigenvalue weighted by molar-refractivity contribution is -0.135. The maximum atomic E-state index is 11.9. The van der Waals surface area contributed by atoms with Gasteiger partial charge in [-0.3, -0.25) is 4.79 Å². The molecule has 0 radical (unpaired) electrons. The average Bonchev–Trinajstić information content (AvgIpc) is 2.58. The van der Waals surface area contributed by atoms with Crippen LogP contribution in [0.1, 0.15) is 17.3 Å². The van der Waals surface area contributed by atoms with Crippen molar-refractivity contribution in [2.45, 2.75) is 6.92 Å². The van der Waals surface area contributed by atoms with Crippen LogP contribution in [0.5, 0.6) is 5.75 Å². The third-order valence-corrected chi connectivity index (χ3v) is 2.68. The predicted octanol–water partition coefficient (Wildman–Crippen LogP) is 1.45. The quantitative estimate of drug-likeness (QED) is 0.236. The van der Waals surface area contributed by atoms with Crippen molar-refractivity contribution in [1.29, 1.82) is 0 Å². The average molecular weight is 322 g/mol. The van der Waals surface area contributed by atoms with E-state index in [4.69, 9.17) is 14.4 Å². The molecule has 124 valence electrons. The van der Waals surface area contributed by atoms with E-state index in [0.717, 1.165) is 7.11 Å². The number of hydrogen-bond donors (Lipinski definition) is 0. The molecular formula is C15H18N2O6. The minimum absolute atomic E-state index is 0.0490. The van der Waals surface area contributed by atoms with Crippen molar-refractivity contribution in [3.05, 3.63) is 29.8 Å². The summed E-state index contributed by atoms with van der Waals surface area (Å²) < 4.78 is 9.39. The van der Waals surface area contributed by atoms with Gasteiger partial charge in [-0.05, 0) is 19.1 Å². The molecule has 0 N–H and O–H groups in total. The molecule has 8 nitrogen and oxygen atoms in total. The van der Waals surface area contributed by atoms with Crippen LogP contribution in [0.2, 0.25) is 0 Å². The standard InChI is InChI=1S/C15H18N2O6/c1-10(12(9-20-2)17-22-4)16-23-13-8-6-5-7-11(13)14(18)15(19)21-3/h5-8H,9H2,1-4H3/b16-10+,17-12+. The molecule has 1 rings (SSSR count). The molecule has 0 aliphatic carbocycles. The minimum Gasteiger partial charge on any atom is -0.463 e. The molecule has 0 aromatic heterocycles. The van der Waals surface area contributed by atoms with Gasteiger partial charge in [-0.2, -0.15) is 0 Å².